The first-order valence-electron chi connectivity index (χ1n) is 6.74. The van der Waals surface area contributed by atoms with E-state index in [1.165, 1.54) is 19.2 Å². The summed E-state index contributed by atoms with van der Waals surface area (Å²) in [6.07, 6.45) is 0. The van der Waals surface area contributed by atoms with E-state index < -0.39 is 5.91 Å². The molecule has 0 saturated carbocycles. The number of ether oxygens (including phenoxy) is 1. The molecule has 0 aliphatic rings. The van der Waals surface area contributed by atoms with Crippen molar-refractivity contribution in [3.8, 4) is 5.75 Å². The van der Waals surface area contributed by atoms with Gasteiger partial charge in [-0.2, -0.15) is 0 Å². The highest BCUT2D eigenvalue weighted by molar-refractivity contribution is 7.80. The zero-order valence-electron chi connectivity index (χ0n) is 12.7. The molecule has 0 spiro atoms. The van der Waals surface area contributed by atoms with Crippen LogP contribution in [0, 0.1) is 6.92 Å². The van der Waals surface area contributed by atoms with Crippen molar-refractivity contribution in [2.24, 2.45) is 0 Å². The second-order valence-electron chi connectivity index (χ2n) is 4.81. The van der Waals surface area contributed by atoms with Gasteiger partial charge in [0.05, 0.1) is 28.4 Å². The Bertz CT molecular complexity index is 789. The van der Waals surface area contributed by atoms with Crippen molar-refractivity contribution in [1.29, 1.82) is 0 Å². The Labute approximate surface area is 160 Å². The maximum atomic E-state index is 12.4. The van der Waals surface area contributed by atoms with E-state index in [0.29, 0.717) is 22.0 Å². The summed E-state index contributed by atoms with van der Waals surface area (Å²) < 4.78 is 5.27. The van der Waals surface area contributed by atoms with Crippen LogP contribution in [0.15, 0.2) is 30.3 Å². The van der Waals surface area contributed by atoms with Crippen LogP contribution in [-0.4, -0.2) is 18.1 Å². The maximum absolute atomic E-state index is 12.4. The van der Waals surface area contributed by atoms with Gasteiger partial charge >= 0.3 is 0 Å². The SMILES string of the molecule is COc1c(C)cccc1C(=O)NC(=S)Nc1c(Cl)cc(Cl)cc1Cl. The fraction of sp³-hybridized carbons (Fsp3) is 0.125. The molecule has 0 atom stereocenters. The lowest BCUT2D eigenvalue weighted by molar-refractivity contribution is 0.0974. The first kappa shape index (κ1) is 18.8. The van der Waals surface area contributed by atoms with Crippen molar-refractivity contribution in [3.63, 3.8) is 0 Å². The second kappa shape index (κ2) is 8.03. The Hall–Kier alpha value is -1.53. The van der Waals surface area contributed by atoms with Gasteiger partial charge in [0.2, 0.25) is 0 Å². The summed E-state index contributed by atoms with van der Waals surface area (Å²) in [5, 5.41) is 6.39. The number of amides is 1. The minimum atomic E-state index is -0.408. The largest absolute Gasteiger partial charge is 0.496 e. The zero-order chi connectivity index (χ0) is 17.9. The topological polar surface area (TPSA) is 50.4 Å². The Morgan fingerprint density at radius 3 is 2.38 bits per heavy atom. The van der Waals surface area contributed by atoms with Gasteiger partial charge in [-0.25, -0.2) is 0 Å². The lowest BCUT2D eigenvalue weighted by Crippen LogP contribution is -2.34. The van der Waals surface area contributed by atoms with E-state index >= 15 is 0 Å². The summed E-state index contributed by atoms with van der Waals surface area (Å²) >= 11 is 23.2. The predicted molar refractivity (Wildman–Crippen MR) is 103 cm³/mol. The number of nitrogens with one attached hydrogen (secondary N) is 2. The van der Waals surface area contributed by atoms with Gasteiger partial charge in [0.25, 0.3) is 5.91 Å². The van der Waals surface area contributed by atoms with Crippen LogP contribution in [0.3, 0.4) is 0 Å². The number of hydrogen-bond donors (Lipinski definition) is 2. The number of hydrogen-bond acceptors (Lipinski definition) is 3. The Balaban J connectivity index is 2.16. The summed E-state index contributed by atoms with van der Waals surface area (Å²) in [4.78, 5) is 12.4. The van der Waals surface area contributed by atoms with E-state index in [4.69, 9.17) is 51.8 Å². The van der Waals surface area contributed by atoms with Gasteiger partial charge in [-0.05, 0) is 42.9 Å². The minimum Gasteiger partial charge on any atom is -0.496 e. The van der Waals surface area contributed by atoms with Crippen LogP contribution in [0.4, 0.5) is 5.69 Å². The van der Waals surface area contributed by atoms with Crippen molar-refractivity contribution in [1.82, 2.24) is 5.32 Å². The van der Waals surface area contributed by atoms with E-state index in [-0.39, 0.29) is 15.2 Å². The third-order valence-corrected chi connectivity index (χ3v) is 4.15. The van der Waals surface area contributed by atoms with Gasteiger partial charge in [-0.1, -0.05) is 46.9 Å². The average Bonchev–Trinajstić information content (AvgIpc) is 2.50. The normalized spacial score (nSPS) is 10.2. The number of aryl methyl sites for hydroxylation is 1. The number of methoxy groups -OCH3 is 1. The van der Waals surface area contributed by atoms with Crippen LogP contribution < -0.4 is 15.4 Å². The van der Waals surface area contributed by atoms with Crippen LogP contribution in [0.1, 0.15) is 15.9 Å². The van der Waals surface area contributed by atoms with E-state index in [2.05, 4.69) is 10.6 Å². The van der Waals surface area contributed by atoms with Gasteiger partial charge in [-0.15, -0.1) is 0 Å². The molecule has 126 valence electrons. The number of carbonyl (C=O) groups excluding carboxylic acids is 1. The zero-order valence-corrected chi connectivity index (χ0v) is 15.8. The van der Waals surface area contributed by atoms with Crippen LogP contribution in [0.5, 0.6) is 5.75 Å². The summed E-state index contributed by atoms with van der Waals surface area (Å²) in [7, 11) is 1.50. The third-order valence-electron chi connectivity index (χ3n) is 3.13. The van der Waals surface area contributed by atoms with Crippen molar-refractivity contribution in [3.05, 3.63) is 56.5 Å². The van der Waals surface area contributed by atoms with Gasteiger partial charge in [-0.3, -0.25) is 10.1 Å². The molecule has 0 unspecified atom stereocenters. The van der Waals surface area contributed by atoms with E-state index in [9.17, 15) is 4.79 Å². The molecule has 0 fully saturated rings. The van der Waals surface area contributed by atoms with Crippen molar-refractivity contribution < 1.29 is 9.53 Å². The number of para-hydroxylation sites is 1. The molecule has 0 radical (unpaired) electrons. The Morgan fingerprint density at radius 2 is 1.79 bits per heavy atom. The highest BCUT2D eigenvalue weighted by Crippen LogP contribution is 2.33. The van der Waals surface area contributed by atoms with Crippen LogP contribution >= 0.6 is 47.0 Å². The highest BCUT2D eigenvalue weighted by atomic mass is 35.5. The fourth-order valence-electron chi connectivity index (χ4n) is 2.08. The van der Waals surface area contributed by atoms with E-state index in [0.717, 1.165) is 5.56 Å². The third kappa shape index (κ3) is 4.30. The number of benzene rings is 2. The monoisotopic (exact) mass is 402 g/mol. The number of halogens is 3. The van der Waals surface area contributed by atoms with Gasteiger partial charge in [0.15, 0.2) is 5.11 Å². The predicted octanol–water partition coefficient (Wildman–Crippen LogP) is 5.09. The average molecular weight is 404 g/mol. The van der Waals surface area contributed by atoms with E-state index in [1.807, 2.05) is 13.0 Å². The van der Waals surface area contributed by atoms with Gasteiger partial charge in [0.1, 0.15) is 5.75 Å². The van der Waals surface area contributed by atoms with Crippen molar-refractivity contribution in [2.75, 3.05) is 12.4 Å². The highest BCUT2D eigenvalue weighted by Gasteiger charge is 2.16. The Kier molecular flexibility index (Phi) is 6.29. The lowest BCUT2D eigenvalue weighted by Gasteiger charge is -2.14. The minimum absolute atomic E-state index is 0.0506. The number of rotatable bonds is 3. The van der Waals surface area contributed by atoms with Gasteiger partial charge < -0.3 is 10.1 Å². The fourth-order valence-corrected chi connectivity index (χ4v) is 3.19. The molecular weight excluding hydrogens is 391 g/mol. The van der Waals surface area contributed by atoms with Crippen molar-refractivity contribution in [2.45, 2.75) is 6.92 Å². The van der Waals surface area contributed by atoms with Crippen LogP contribution in [0.25, 0.3) is 0 Å². The van der Waals surface area contributed by atoms with Crippen molar-refractivity contribution >= 4 is 63.7 Å². The molecule has 0 heterocycles. The molecule has 2 aromatic carbocycles. The molecule has 0 aliphatic heterocycles. The summed E-state index contributed by atoms with van der Waals surface area (Å²) in [5.74, 6) is 0.0783. The summed E-state index contributed by atoms with van der Waals surface area (Å²) in [6.45, 7) is 1.85. The quantitative estimate of drug-likeness (QED) is 0.701. The molecular formula is C16H13Cl3N2O2S. The summed E-state index contributed by atoms with van der Waals surface area (Å²) in [6, 6.07) is 8.29. The second-order valence-corrected chi connectivity index (χ2v) is 6.47. The smallest absolute Gasteiger partial charge is 0.261 e. The molecule has 0 saturated heterocycles. The number of anilines is 1. The first-order valence-corrected chi connectivity index (χ1v) is 8.28. The molecule has 2 aromatic rings. The molecule has 2 N–H and O–H groups in total. The molecule has 8 heteroatoms. The van der Waals surface area contributed by atoms with Crippen LogP contribution in [-0.2, 0) is 0 Å². The number of carbonyl (C=O) groups is 1. The molecule has 1 amide bonds. The molecule has 2 rings (SSSR count). The molecule has 0 aromatic heterocycles. The standard InChI is InChI=1S/C16H13Cl3N2O2S/c1-8-4-3-5-10(14(8)23-2)15(22)21-16(24)20-13-11(18)6-9(17)7-12(13)19/h3-7H,1-2H3,(H2,20,21,22,24). The molecule has 24 heavy (non-hydrogen) atoms. The van der Waals surface area contributed by atoms with Gasteiger partial charge in [0, 0.05) is 5.02 Å². The molecule has 0 bridgehead atoms. The van der Waals surface area contributed by atoms with Crippen LogP contribution in [0.2, 0.25) is 15.1 Å². The number of thiocarbonyl (C=S) groups is 1. The molecule has 0 aliphatic carbocycles. The summed E-state index contributed by atoms with van der Waals surface area (Å²) in [5.41, 5.74) is 1.58. The first-order chi connectivity index (χ1) is 11.3. The van der Waals surface area contributed by atoms with E-state index in [1.54, 1.807) is 12.1 Å². The molecule has 4 nitrogen and oxygen atoms in total. The maximum Gasteiger partial charge on any atom is 0.261 e. The Morgan fingerprint density at radius 1 is 1.17 bits per heavy atom. The lowest BCUT2D eigenvalue weighted by atomic mass is 10.1.